The smallest absolute Gasteiger partial charge is 0.0510 e. The van der Waals surface area contributed by atoms with Gasteiger partial charge in [-0.3, -0.25) is 0 Å². The van der Waals surface area contributed by atoms with Crippen LogP contribution >= 0.6 is 0 Å². The highest BCUT2D eigenvalue weighted by atomic mass is 16.5. The van der Waals surface area contributed by atoms with E-state index >= 15 is 0 Å². The quantitative estimate of drug-likeness (QED) is 0.847. The fourth-order valence-electron chi connectivity index (χ4n) is 3.17. The van der Waals surface area contributed by atoms with E-state index in [1.807, 2.05) is 0 Å². The van der Waals surface area contributed by atoms with Crippen LogP contribution in [0.3, 0.4) is 0 Å². The fourth-order valence-corrected chi connectivity index (χ4v) is 3.17. The summed E-state index contributed by atoms with van der Waals surface area (Å²) in [6.07, 6.45) is 2.35. The molecular weight excluding hydrogens is 234 g/mol. The molecule has 2 heteroatoms. The van der Waals surface area contributed by atoms with Crippen LogP contribution in [0.15, 0.2) is 30.3 Å². The minimum Gasteiger partial charge on any atom is -0.381 e. The molecule has 2 rings (SSSR count). The van der Waals surface area contributed by atoms with Crippen molar-refractivity contribution >= 4 is 0 Å². The molecule has 1 aromatic carbocycles. The normalized spacial score (nSPS) is 21.5. The van der Waals surface area contributed by atoms with Crippen molar-refractivity contribution in [2.45, 2.75) is 45.1 Å². The van der Waals surface area contributed by atoms with E-state index in [9.17, 15) is 0 Å². The van der Waals surface area contributed by atoms with Gasteiger partial charge in [-0.15, -0.1) is 0 Å². The van der Waals surface area contributed by atoms with E-state index < -0.39 is 0 Å². The highest BCUT2D eigenvalue weighted by Gasteiger charge is 2.38. The molecule has 0 aromatic heterocycles. The number of hydrogen-bond donors (Lipinski definition) is 1. The van der Waals surface area contributed by atoms with Crippen LogP contribution < -0.4 is 5.32 Å². The second-order valence-electron chi connectivity index (χ2n) is 6.14. The maximum absolute atomic E-state index is 5.61. The van der Waals surface area contributed by atoms with Crippen molar-refractivity contribution in [3.05, 3.63) is 35.9 Å². The average Bonchev–Trinajstić information content (AvgIpc) is 2.94. The summed E-state index contributed by atoms with van der Waals surface area (Å²) in [6.45, 7) is 9.83. The van der Waals surface area contributed by atoms with E-state index in [0.717, 1.165) is 19.8 Å². The Bertz CT molecular complexity index is 368. The van der Waals surface area contributed by atoms with Crippen LogP contribution in [0, 0.1) is 5.92 Å². The Labute approximate surface area is 117 Å². The molecule has 19 heavy (non-hydrogen) atoms. The minimum atomic E-state index is 0.134. The molecule has 0 radical (unpaired) electrons. The third-order valence-corrected chi connectivity index (χ3v) is 4.35. The first-order valence-electron chi connectivity index (χ1n) is 7.53. The summed E-state index contributed by atoms with van der Waals surface area (Å²) in [7, 11) is 0. The van der Waals surface area contributed by atoms with Gasteiger partial charge in [0.15, 0.2) is 0 Å². The first-order chi connectivity index (χ1) is 9.16. The molecule has 1 saturated heterocycles. The summed E-state index contributed by atoms with van der Waals surface area (Å²) in [6, 6.07) is 11.3. The third kappa shape index (κ3) is 3.37. The first-order valence-corrected chi connectivity index (χ1v) is 7.53. The van der Waals surface area contributed by atoms with E-state index in [1.54, 1.807) is 0 Å². The number of ether oxygens (including phenoxy) is 1. The summed E-state index contributed by atoms with van der Waals surface area (Å²) in [5.41, 5.74) is 1.55. The van der Waals surface area contributed by atoms with Gasteiger partial charge in [-0.25, -0.2) is 0 Å². The Kier molecular flexibility index (Phi) is 5.00. The lowest BCUT2D eigenvalue weighted by Gasteiger charge is -2.39. The molecule has 1 aliphatic rings. The highest BCUT2D eigenvalue weighted by Crippen LogP contribution is 2.34. The van der Waals surface area contributed by atoms with Gasteiger partial charge >= 0.3 is 0 Å². The van der Waals surface area contributed by atoms with Crippen LogP contribution in [0.25, 0.3) is 0 Å². The molecule has 0 spiro atoms. The Morgan fingerprint density at radius 1 is 1.32 bits per heavy atom. The molecular formula is C17H27NO. The lowest BCUT2D eigenvalue weighted by atomic mass is 9.72. The number of hydrogen-bond acceptors (Lipinski definition) is 2. The van der Waals surface area contributed by atoms with Crippen LogP contribution in [0.2, 0.25) is 0 Å². The molecule has 0 aliphatic carbocycles. The van der Waals surface area contributed by atoms with Crippen molar-refractivity contribution < 1.29 is 4.74 Å². The zero-order chi connectivity index (χ0) is 13.7. The van der Waals surface area contributed by atoms with Gasteiger partial charge in [-0.05, 0) is 24.9 Å². The monoisotopic (exact) mass is 261 g/mol. The van der Waals surface area contributed by atoms with E-state index in [-0.39, 0.29) is 5.41 Å². The van der Waals surface area contributed by atoms with Crippen molar-refractivity contribution in [3.8, 4) is 0 Å². The molecule has 2 unspecified atom stereocenters. The number of rotatable bonds is 6. The van der Waals surface area contributed by atoms with Crippen molar-refractivity contribution in [3.63, 3.8) is 0 Å². The van der Waals surface area contributed by atoms with Crippen LogP contribution in [0.1, 0.15) is 39.2 Å². The number of benzene rings is 1. The Hall–Kier alpha value is -0.860. The van der Waals surface area contributed by atoms with E-state index in [4.69, 9.17) is 4.74 Å². The zero-order valence-corrected chi connectivity index (χ0v) is 12.5. The number of nitrogens with one attached hydrogen (secondary N) is 1. The van der Waals surface area contributed by atoms with Crippen molar-refractivity contribution in [1.29, 1.82) is 0 Å². The summed E-state index contributed by atoms with van der Waals surface area (Å²) in [5.74, 6) is 0.627. The van der Waals surface area contributed by atoms with Crippen molar-refractivity contribution in [1.82, 2.24) is 5.32 Å². The van der Waals surface area contributed by atoms with Crippen molar-refractivity contribution in [2.24, 2.45) is 5.92 Å². The Balaban J connectivity index is 2.20. The van der Waals surface area contributed by atoms with Crippen LogP contribution in [0.5, 0.6) is 0 Å². The molecule has 0 amide bonds. The summed E-state index contributed by atoms with van der Waals surface area (Å²) >= 11 is 0. The molecule has 1 heterocycles. The molecule has 2 nitrogen and oxygen atoms in total. The molecule has 106 valence electrons. The third-order valence-electron chi connectivity index (χ3n) is 4.35. The van der Waals surface area contributed by atoms with Gasteiger partial charge in [0.2, 0.25) is 0 Å². The lowest BCUT2D eigenvalue weighted by Crippen LogP contribution is -2.50. The lowest BCUT2D eigenvalue weighted by molar-refractivity contribution is 0.161. The Morgan fingerprint density at radius 2 is 2.05 bits per heavy atom. The minimum absolute atomic E-state index is 0.134. The summed E-state index contributed by atoms with van der Waals surface area (Å²) in [4.78, 5) is 0. The van der Waals surface area contributed by atoms with Gasteiger partial charge in [0, 0.05) is 24.0 Å². The second-order valence-corrected chi connectivity index (χ2v) is 6.14. The van der Waals surface area contributed by atoms with Gasteiger partial charge in [0.1, 0.15) is 0 Å². The van der Waals surface area contributed by atoms with Gasteiger partial charge in [-0.2, -0.15) is 0 Å². The second kappa shape index (κ2) is 6.53. The van der Waals surface area contributed by atoms with E-state index in [0.29, 0.717) is 12.0 Å². The summed E-state index contributed by atoms with van der Waals surface area (Å²) < 4.78 is 5.61. The van der Waals surface area contributed by atoms with Crippen LogP contribution in [0.4, 0.5) is 0 Å². The SMILES string of the molecule is CCCNC(C1CCOC1)C(C)(C)c1ccccc1. The van der Waals surface area contributed by atoms with Gasteiger partial charge in [-0.1, -0.05) is 51.1 Å². The fraction of sp³-hybridized carbons (Fsp3) is 0.647. The molecule has 1 fully saturated rings. The molecule has 2 atom stereocenters. The van der Waals surface area contributed by atoms with Gasteiger partial charge < -0.3 is 10.1 Å². The molecule has 1 N–H and O–H groups in total. The summed E-state index contributed by atoms with van der Waals surface area (Å²) in [5, 5.41) is 3.77. The van der Waals surface area contributed by atoms with Gasteiger partial charge in [0.05, 0.1) is 6.61 Å². The molecule has 0 saturated carbocycles. The maximum atomic E-state index is 5.61. The first kappa shape index (κ1) is 14.5. The van der Waals surface area contributed by atoms with E-state index in [1.165, 1.54) is 18.4 Å². The Morgan fingerprint density at radius 3 is 2.63 bits per heavy atom. The molecule has 0 bridgehead atoms. The standard InChI is InChI=1S/C17H27NO/c1-4-11-18-16(14-10-12-19-13-14)17(2,3)15-8-6-5-7-9-15/h5-9,14,16,18H,4,10-13H2,1-3H3. The topological polar surface area (TPSA) is 21.3 Å². The van der Waals surface area contributed by atoms with Crippen molar-refractivity contribution in [2.75, 3.05) is 19.8 Å². The van der Waals surface area contributed by atoms with Gasteiger partial charge in [0.25, 0.3) is 0 Å². The maximum Gasteiger partial charge on any atom is 0.0510 e. The largest absolute Gasteiger partial charge is 0.381 e. The van der Waals surface area contributed by atoms with Crippen LogP contribution in [-0.2, 0) is 10.2 Å². The predicted octanol–water partition coefficient (Wildman–Crippen LogP) is 3.37. The van der Waals surface area contributed by atoms with E-state index in [2.05, 4.69) is 56.4 Å². The predicted molar refractivity (Wildman–Crippen MR) is 80.5 cm³/mol. The average molecular weight is 261 g/mol. The zero-order valence-electron chi connectivity index (χ0n) is 12.5. The van der Waals surface area contributed by atoms with Crippen LogP contribution in [-0.4, -0.2) is 25.8 Å². The highest BCUT2D eigenvalue weighted by molar-refractivity contribution is 5.26. The molecule has 1 aliphatic heterocycles. The molecule has 1 aromatic rings.